The highest BCUT2D eigenvalue weighted by Gasteiger charge is 2.34. The third-order valence-corrected chi connectivity index (χ3v) is 5.67. The first kappa shape index (κ1) is 15.4. The highest BCUT2D eigenvalue weighted by Crippen LogP contribution is 2.36. The Morgan fingerprint density at radius 2 is 1.77 bits per heavy atom. The van der Waals surface area contributed by atoms with Gasteiger partial charge in [-0.3, -0.25) is 9.59 Å². The Balaban J connectivity index is 2.00. The number of hydrogen-bond donors (Lipinski definition) is 0. The molecule has 2 atom stereocenters. The predicted octanol–water partition coefficient (Wildman–Crippen LogP) is 2.92. The van der Waals surface area contributed by atoms with Gasteiger partial charge in [-0.05, 0) is 36.6 Å². The second-order valence-electron chi connectivity index (χ2n) is 6.17. The third kappa shape index (κ3) is 2.86. The number of carbonyl (C=O) groups excluding carboxylic acids is 2. The molecule has 0 N–H and O–H groups in total. The molecule has 2 amide bonds. The number of thioether (sulfide) groups is 1. The van der Waals surface area contributed by atoms with Crippen molar-refractivity contribution < 1.29 is 9.59 Å². The van der Waals surface area contributed by atoms with Crippen LogP contribution in [0.4, 0.5) is 11.4 Å². The largest absolute Gasteiger partial charge is 0.310 e. The molecule has 1 fully saturated rings. The van der Waals surface area contributed by atoms with Gasteiger partial charge in [0.1, 0.15) is 0 Å². The maximum Gasteiger partial charge on any atom is 0.240 e. The number of benzene rings is 1. The summed E-state index contributed by atoms with van der Waals surface area (Å²) in [4.78, 5) is 28.7. The first-order valence-electron chi connectivity index (χ1n) is 7.88. The van der Waals surface area contributed by atoms with Crippen LogP contribution in [-0.4, -0.2) is 35.9 Å². The summed E-state index contributed by atoms with van der Waals surface area (Å²) in [6, 6.07) is 7.77. The lowest BCUT2D eigenvalue weighted by atomic mass is 10.1. The monoisotopic (exact) mass is 318 g/mol. The molecule has 2 aliphatic heterocycles. The maximum atomic E-state index is 12.9. The molecule has 5 heteroatoms. The molecule has 22 heavy (non-hydrogen) atoms. The zero-order valence-electron chi connectivity index (χ0n) is 13.1. The molecule has 2 unspecified atom stereocenters. The fourth-order valence-corrected chi connectivity index (χ4v) is 4.47. The molecule has 0 aliphatic carbocycles. The molecule has 3 rings (SSSR count). The Kier molecular flexibility index (Phi) is 4.43. The predicted molar refractivity (Wildman–Crippen MR) is 91.5 cm³/mol. The fraction of sp³-hybridized carbons (Fsp3) is 0.529. The standard InChI is InChI=1S/C17H22N2O2S/c1-12-10-18(13(2)20)14-6-3-4-7-15(14)19(11-12)17(21)16-8-5-9-22-16/h3-4,6-7,12,16H,5,8-11H2,1-2H3. The SMILES string of the molecule is CC(=O)N1CC(C)CN(C(=O)C2CCCS2)c2ccccc21. The van der Waals surface area contributed by atoms with Crippen LogP contribution in [-0.2, 0) is 9.59 Å². The van der Waals surface area contributed by atoms with E-state index in [9.17, 15) is 9.59 Å². The van der Waals surface area contributed by atoms with Crippen molar-refractivity contribution in [3.8, 4) is 0 Å². The Morgan fingerprint density at radius 1 is 1.14 bits per heavy atom. The third-order valence-electron chi connectivity index (χ3n) is 4.30. The summed E-state index contributed by atoms with van der Waals surface area (Å²) in [6.45, 7) is 5.03. The number of rotatable bonds is 1. The van der Waals surface area contributed by atoms with Crippen LogP contribution in [0.2, 0.25) is 0 Å². The van der Waals surface area contributed by atoms with E-state index < -0.39 is 0 Å². The molecule has 4 nitrogen and oxygen atoms in total. The summed E-state index contributed by atoms with van der Waals surface area (Å²) >= 11 is 1.76. The second kappa shape index (κ2) is 6.32. The number of para-hydroxylation sites is 2. The van der Waals surface area contributed by atoms with Crippen LogP contribution in [0.25, 0.3) is 0 Å². The lowest BCUT2D eigenvalue weighted by molar-refractivity contribution is -0.118. The molecule has 118 valence electrons. The van der Waals surface area contributed by atoms with Crippen LogP contribution in [0.1, 0.15) is 26.7 Å². The van der Waals surface area contributed by atoms with Crippen molar-refractivity contribution in [1.82, 2.24) is 0 Å². The van der Waals surface area contributed by atoms with E-state index in [2.05, 4.69) is 6.92 Å². The van der Waals surface area contributed by atoms with Gasteiger partial charge in [-0.2, -0.15) is 0 Å². The highest BCUT2D eigenvalue weighted by atomic mass is 32.2. The zero-order valence-corrected chi connectivity index (χ0v) is 13.9. The Hall–Kier alpha value is -1.49. The van der Waals surface area contributed by atoms with Crippen LogP contribution >= 0.6 is 11.8 Å². The van der Waals surface area contributed by atoms with Crippen LogP contribution in [0.15, 0.2) is 24.3 Å². The topological polar surface area (TPSA) is 40.6 Å². The summed E-state index contributed by atoms with van der Waals surface area (Å²) in [7, 11) is 0. The van der Waals surface area contributed by atoms with Gasteiger partial charge < -0.3 is 9.80 Å². The van der Waals surface area contributed by atoms with Gasteiger partial charge in [-0.15, -0.1) is 11.8 Å². The molecule has 0 radical (unpaired) electrons. The number of fused-ring (bicyclic) bond motifs is 1. The van der Waals surface area contributed by atoms with Crippen molar-refractivity contribution in [2.24, 2.45) is 5.92 Å². The second-order valence-corrected chi connectivity index (χ2v) is 7.48. The van der Waals surface area contributed by atoms with Gasteiger partial charge in [0.15, 0.2) is 0 Å². The van der Waals surface area contributed by atoms with E-state index in [0.29, 0.717) is 13.1 Å². The molecule has 1 saturated heterocycles. The molecule has 0 aromatic heterocycles. The normalized spacial score (nSPS) is 24.8. The summed E-state index contributed by atoms with van der Waals surface area (Å²) in [5, 5.41) is 0.0733. The molecular formula is C17H22N2O2S. The summed E-state index contributed by atoms with van der Waals surface area (Å²) in [5.74, 6) is 1.56. The number of amides is 2. The summed E-state index contributed by atoms with van der Waals surface area (Å²) < 4.78 is 0. The van der Waals surface area contributed by atoms with Crippen LogP contribution in [0.3, 0.4) is 0 Å². The smallest absolute Gasteiger partial charge is 0.240 e. The van der Waals surface area contributed by atoms with Crippen LogP contribution in [0, 0.1) is 5.92 Å². The minimum absolute atomic E-state index is 0.0313. The molecular weight excluding hydrogens is 296 g/mol. The average molecular weight is 318 g/mol. The number of carbonyl (C=O) groups is 2. The zero-order chi connectivity index (χ0) is 15.7. The van der Waals surface area contributed by atoms with Crippen molar-refractivity contribution in [3.63, 3.8) is 0 Å². The van der Waals surface area contributed by atoms with Gasteiger partial charge in [0.25, 0.3) is 0 Å². The van der Waals surface area contributed by atoms with Crippen LogP contribution in [0.5, 0.6) is 0 Å². The quantitative estimate of drug-likeness (QED) is 0.799. The summed E-state index contributed by atoms with van der Waals surface area (Å²) in [6.07, 6.45) is 2.08. The van der Waals surface area contributed by atoms with Gasteiger partial charge in [-0.1, -0.05) is 19.1 Å². The van der Waals surface area contributed by atoms with Gasteiger partial charge in [-0.25, -0.2) is 0 Å². The minimum atomic E-state index is 0.0313. The van der Waals surface area contributed by atoms with E-state index in [1.165, 1.54) is 0 Å². The van der Waals surface area contributed by atoms with Gasteiger partial charge >= 0.3 is 0 Å². The van der Waals surface area contributed by atoms with E-state index in [0.717, 1.165) is 30.0 Å². The van der Waals surface area contributed by atoms with Crippen molar-refractivity contribution in [2.45, 2.75) is 31.9 Å². The van der Waals surface area contributed by atoms with E-state index in [-0.39, 0.29) is 23.0 Å². The lowest BCUT2D eigenvalue weighted by Crippen LogP contribution is -2.39. The number of anilines is 2. The molecule has 2 aliphatic rings. The fourth-order valence-electron chi connectivity index (χ4n) is 3.25. The summed E-state index contributed by atoms with van der Waals surface area (Å²) in [5.41, 5.74) is 1.73. The van der Waals surface area contributed by atoms with E-state index in [4.69, 9.17) is 0 Å². The van der Waals surface area contributed by atoms with Crippen LogP contribution < -0.4 is 9.80 Å². The Labute approximate surface area is 135 Å². The Bertz CT molecular complexity index is 584. The van der Waals surface area contributed by atoms with E-state index in [1.54, 1.807) is 23.6 Å². The van der Waals surface area contributed by atoms with Gasteiger partial charge in [0.2, 0.25) is 11.8 Å². The van der Waals surface area contributed by atoms with Crippen molar-refractivity contribution in [3.05, 3.63) is 24.3 Å². The van der Waals surface area contributed by atoms with E-state index >= 15 is 0 Å². The molecule has 1 aromatic carbocycles. The van der Waals surface area contributed by atoms with Gasteiger partial charge in [0, 0.05) is 20.0 Å². The first-order chi connectivity index (χ1) is 10.6. The molecule has 0 bridgehead atoms. The molecule has 0 saturated carbocycles. The molecule has 1 aromatic rings. The number of hydrogen-bond acceptors (Lipinski definition) is 3. The van der Waals surface area contributed by atoms with Crippen molar-refractivity contribution >= 4 is 35.0 Å². The highest BCUT2D eigenvalue weighted by molar-refractivity contribution is 8.00. The minimum Gasteiger partial charge on any atom is -0.310 e. The first-order valence-corrected chi connectivity index (χ1v) is 8.93. The Morgan fingerprint density at radius 3 is 2.36 bits per heavy atom. The number of nitrogens with zero attached hydrogens (tertiary/aromatic N) is 2. The molecule has 2 heterocycles. The average Bonchev–Trinajstić information content (AvgIpc) is 2.99. The van der Waals surface area contributed by atoms with E-state index in [1.807, 2.05) is 29.2 Å². The lowest BCUT2D eigenvalue weighted by Gasteiger charge is -2.27. The van der Waals surface area contributed by atoms with Crippen molar-refractivity contribution in [2.75, 3.05) is 28.6 Å². The van der Waals surface area contributed by atoms with Gasteiger partial charge in [0.05, 0.1) is 16.6 Å². The van der Waals surface area contributed by atoms with Crippen molar-refractivity contribution in [1.29, 1.82) is 0 Å². The molecule has 0 spiro atoms. The maximum absolute atomic E-state index is 12.9.